The van der Waals surface area contributed by atoms with Gasteiger partial charge in [-0.25, -0.2) is 0 Å². The molecule has 0 bridgehead atoms. The number of halogens is 2. The van der Waals surface area contributed by atoms with Crippen LogP contribution in [0.25, 0.3) is 0 Å². The molecule has 3 nitrogen and oxygen atoms in total. The van der Waals surface area contributed by atoms with Crippen LogP contribution in [0.1, 0.15) is 30.6 Å². The summed E-state index contributed by atoms with van der Waals surface area (Å²) < 4.78 is 6.36. The van der Waals surface area contributed by atoms with Gasteiger partial charge >= 0.3 is 5.97 Å². The van der Waals surface area contributed by atoms with Gasteiger partial charge in [-0.1, -0.05) is 12.1 Å². The Bertz CT molecular complexity index is 441. The van der Waals surface area contributed by atoms with Gasteiger partial charge in [0.15, 0.2) is 5.78 Å². The third-order valence-corrected chi connectivity index (χ3v) is 3.97. The van der Waals surface area contributed by atoms with Crippen molar-refractivity contribution in [3.05, 3.63) is 32.7 Å². The second-order valence-corrected chi connectivity index (χ2v) is 5.39. The van der Waals surface area contributed by atoms with E-state index >= 15 is 0 Å². The molecule has 0 aliphatic carbocycles. The van der Waals surface area contributed by atoms with Crippen molar-refractivity contribution in [3.8, 4) is 0 Å². The molecule has 0 spiro atoms. The summed E-state index contributed by atoms with van der Waals surface area (Å²) in [5.74, 6) is -0.763. The number of carbonyl (C=O) groups excluding carboxylic acids is 2. The predicted molar refractivity (Wildman–Crippen MR) is 72.0 cm³/mol. The minimum Gasteiger partial charge on any atom is -0.463 e. The molecule has 0 atom stereocenters. The van der Waals surface area contributed by atoms with Crippen molar-refractivity contribution in [2.45, 2.75) is 26.4 Å². The Morgan fingerprint density at radius 1 is 1.29 bits per heavy atom. The fourth-order valence-corrected chi connectivity index (χ4v) is 2.10. The predicted octanol–water partition coefficient (Wildman–Crippen LogP) is 3.74. The van der Waals surface area contributed by atoms with Gasteiger partial charge in [-0.2, -0.15) is 0 Å². The molecule has 1 aromatic rings. The normalized spacial score (nSPS) is 10.4. The van der Waals surface area contributed by atoms with Gasteiger partial charge in [-0.05, 0) is 51.8 Å². The average molecular weight is 364 g/mol. The smallest absolute Gasteiger partial charge is 0.313 e. The maximum atomic E-state index is 11.9. The van der Waals surface area contributed by atoms with Crippen LogP contribution in [0.2, 0.25) is 0 Å². The fraction of sp³-hybridized carbons (Fsp3) is 0.333. The molecule has 92 valence electrons. The number of Topliss-reactive ketones (excluding diaryl/α,β-unsaturated/α-hetero) is 1. The van der Waals surface area contributed by atoms with Gasteiger partial charge in [0.1, 0.15) is 6.42 Å². The fourth-order valence-electron chi connectivity index (χ4n) is 1.25. The average Bonchev–Trinajstić information content (AvgIpc) is 2.20. The summed E-state index contributed by atoms with van der Waals surface area (Å²) in [7, 11) is 0. The van der Waals surface area contributed by atoms with Crippen LogP contribution in [0.5, 0.6) is 0 Å². The van der Waals surface area contributed by atoms with E-state index in [1.54, 1.807) is 26.0 Å². The Morgan fingerprint density at radius 2 is 1.94 bits per heavy atom. The topological polar surface area (TPSA) is 43.4 Å². The van der Waals surface area contributed by atoms with Crippen LogP contribution in [-0.4, -0.2) is 17.9 Å². The highest BCUT2D eigenvalue weighted by atomic mass is 79.9. The van der Waals surface area contributed by atoms with E-state index in [0.717, 1.165) is 4.47 Å². The number of carbonyl (C=O) groups is 2. The van der Waals surface area contributed by atoms with E-state index < -0.39 is 5.97 Å². The van der Waals surface area contributed by atoms with E-state index in [2.05, 4.69) is 31.9 Å². The van der Waals surface area contributed by atoms with Crippen molar-refractivity contribution in [2.75, 3.05) is 0 Å². The maximum absolute atomic E-state index is 11.9. The zero-order valence-corrected chi connectivity index (χ0v) is 12.7. The molecule has 0 saturated carbocycles. The highest BCUT2D eigenvalue weighted by Crippen LogP contribution is 2.27. The molecule has 0 fully saturated rings. The lowest BCUT2D eigenvalue weighted by atomic mass is 10.1. The summed E-state index contributed by atoms with van der Waals surface area (Å²) in [6.45, 7) is 3.49. The molecule has 5 heteroatoms. The van der Waals surface area contributed by atoms with E-state index in [0.29, 0.717) is 10.0 Å². The Hall–Kier alpha value is -0.680. The van der Waals surface area contributed by atoms with Crippen LogP contribution in [-0.2, 0) is 9.53 Å². The molecule has 17 heavy (non-hydrogen) atoms. The lowest BCUT2D eigenvalue weighted by molar-refractivity contribution is -0.146. The second-order valence-electron chi connectivity index (χ2n) is 3.74. The zero-order chi connectivity index (χ0) is 13.0. The molecular weight excluding hydrogens is 352 g/mol. The van der Waals surface area contributed by atoms with Crippen molar-refractivity contribution in [1.29, 1.82) is 0 Å². The summed E-state index contributed by atoms with van der Waals surface area (Å²) in [5, 5.41) is 0. The van der Waals surface area contributed by atoms with Crippen molar-refractivity contribution < 1.29 is 14.3 Å². The maximum Gasteiger partial charge on any atom is 0.313 e. The number of hydrogen-bond donors (Lipinski definition) is 0. The van der Waals surface area contributed by atoms with Crippen molar-refractivity contribution >= 4 is 43.6 Å². The minimum absolute atomic E-state index is 0.207. The molecule has 0 aliphatic heterocycles. The van der Waals surface area contributed by atoms with E-state index in [1.165, 1.54) is 0 Å². The first kappa shape index (κ1) is 14.4. The molecule has 0 amide bonds. The van der Waals surface area contributed by atoms with Gasteiger partial charge in [0.2, 0.25) is 0 Å². The van der Waals surface area contributed by atoms with E-state index in [4.69, 9.17) is 4.74 Å². The summed E-state index contributed by atoms with van der Waals surface area (Å²) in [6.07, 6.45) is -0.450. The molecule has 0 aliphatic rings. The second kappa shape index (κ2) is 6.31. The van der Waals surface area contributed by atoms with Gasteiger partial charge in [0.25, 0.3) is 0 Å². The van der Waals surface area contributed by atoms with Gasteiger partial charge in [-0.15, -0.1) is 0 Å². The third kappa shape index (κ3) is 4.24. The molecular formula is C12H12Br2O3. The summed E-state index contributed by atoms with van der Waals surface area (Å²) in [5.41, 5.74) is 0.472. The lowest BCUT2D eigenvalue weighted by Gasteiger charge is -2.08. The summed E-state index contributed by atoms with van der Waals surface area (Å²) in [6, 6.07) is 5.23. The Kier molecular flexibility index (Phi) is 5.33. The number of ketones is 1. The van der Waals surface area contributed by atoms with Crippen molar-refractivity contribution in [1.82, 2.24) is 0 Å². The van der Waals surface area contributed by atoms with Crippen molar-refractivity contribution in [2.24, 2.45) is 0 Å². The van der Waals surface area contributed by atoms with Crippen LogP contribution >= 0.6 is 31.9 Å². The van der Waals surface area contributed by atoms with Crippen LogP contribution in [0.4, 0.5) is 0 Å². The third-order valence-electron chi connectivity index (χ3n) is 1.92. The Balaban J connectivity index is 2.77. The SMILES string of the molecule is CC(C)OC(=O)CC(=O)c1cccc(Br)c1Br. The van der Waals surface area contributed by atoms with Crippen LogP contribution in [0, 0.1) is 0 Å². The molecule has 0 unspecified atom stereocenters. The van der Waals surface area contributed by atoms with Gasteiger partial charge < -0.3 is 4.74 Å². The van der Waals surface area contributed by atoms with E-state index in [-0.39, 0.29) is 18.3 Å². The first-order valence-electron chi connectivity index (χ1n) is 5.08. The number of hydrogen-bond acceptors (Lipinski definition) is 3. The van der Waals surface area contributed by atoms with Crippen LogP contribution in [0.15, 0.2) is 27.1 Å². The standard InChI is InChI=1S/C12H12Br2O3/c1-7(2)17-11(16)6-10(15)8-4-3-5-9(13)12(8)14/h3-5,7H,6H2,1-2H3. The molecule has 0 aromatic heterocycles. The molecule has 1 aromatic carbocycles. The molecule has 0 saturated heterocycles. The van der Waals surface area contributed by atoms with Crippen molar-refractivity contribution in [3.63, 3.8) is 0 Å². The highest BCUT2D eigenvalue weighted by Gasteiger charge is 2.17. The quantitative estimate of drug-likeness (QED) is 0.465. The summed E-state index contributed by atoms with van der Waals surface area (Å²) in [4.78, 5) is 23.2. The van der Waals surface area contributed by atoms with Gasteiger partial charge in [-0.3, -0.25) is 9.59 Å². The summed E-state index contributed by atoms with van der Waals surface area (Å²) >= 11 is 6.61. The molecule has 1 rings (SSSR count). The number of rotatable bonds is 4. The number of esters is 1. The first-order chi connectivity index (χ1) is 7.91. The Morgan fingerprint density at radius 3 is 2.53 bits per heavy atom. The number of ether oxygens (including phenoxy) is 1. The zero-order valence-electron chi connectivity index (χ0n) is 9.50. The number of benzene rings is 1. The largest absolute Gasteiger partial charge is 0.463 e. The monoisotopic (exact) mass is 362 g/mol. The van der Waals surface area contributed by atoms with E-state index in [1.807, 2.05) is 6.07 Å². The van der Waals surface area contributed by atoms with Gasteiger partial charge in [0.05, 0.1) is 6.10 Å². The van der Waals surface area contributed by atoms with E-state index in [9.17, 15) is 9.59 Å². The first-order valence-corrected chi connectivity index (χ1v) is 6.67. The lowest BCUT2D eigenvalue weighted by Crippen LogP contribution is -2.16. The molecule has 0 N–H and O–H groups in total. The highest BCUT2D eigenvalue weighted by molar-refractivity contribution is 9.13. The van der Waals surface area contributed by atoms with Crippen LogP contribution < -0.4 is 0 Å². The Labute approximate surface area is 117 Å². The van der Waals surface area contributed by atoms with Gasteiger partial charge in [0, 0.05) is 14.5 Å². The molecule has 0 radical (unpaired) electrons. The molecule has 0 heterocycles. The van der Waals surface area contributed by atoms with Crippen LogP contribution in [0.3, 0.4) is 0 Å². The minimum atomic E-state index is -0.503.